The van der Waals surface area contributed by atoms with Crippen molar-refractivity contribution in [3.05, 3.63) is 35.9 Å². The van der Waals surface area contributed by atoms with Crippen LogP contribution in [0.3, 0.4) is 0 Å². The lowest BCUT2D eigenvalue weighted by Crippen LogP contribution is -2.38. The van der Waals surface area contributed by atoms with Gasteiger partial charge in [-0.1, -0.05) is 37.3 Å². The summed E-state index contributed by atoms with van der Waals surface area (Å²) in [7, 11) is 0. The van der Waals surface area contributed by atoms with Crippen molar-refractivity contribution >= 4 is 17.9 Å². The molecule has 1 saturated heterocycles. The number of hydrogen-bond donors (Lipinski definition) is 1. The first-order chi connectivity index (χ1) is 11.5. The van der Waals surface area contributed by atoms with Gasteiger partial charge in [-0.15, -0.1) is 0 Å². The maximum Gasteiger partial charge on any atom is 0.326 e. The number of carbonyl (C=O) groups is 3. The summed E-state index contributed by atoms with van der Waals surface area (Å²) in [6, 6.07) is 7.70. The molecule has 1 saturated carbocycles. The topological polar surface area (TPSA) is 75.7 Å². The van der Waals surface area contributed by atoms with E-state index in [-0.39, 0.29) is 12.6 Å². The van der Waals surface area contributed by atoms with E-state index >= 15 is 0 Å². The van der Waals surface area contributed by atoms with Crippen LogP contribution in [0.2, 0.25) is 0 Å². The van der Waals surface area contributed by atoms with Gasteiger partial charge in [0.2, 0.25) is 0 Å². The molecule has 0 radical (unpaired) electrons. The van der Waals surface area contributed by atoms with Gasteiger partial charge in [-0.2, -0.15) is 0 Å². The predicted octanol–water partition coefficient (Wildman–Crippen LogP) is 2.40. The molecule has 128 valence electrons. The van der Waals surface area contributed by atoms with Gasteiger partial charge in [-0.25, -0.2) is 4.79 Å². The number of nitrogens with one attached hydrogen (secondary N) is 1. The van der Waals surface area contributed by atoms with Crippen LogP contribution in [0.15, 0.2) is 30.3 Å². The Hall–Kier alpha value is -2.37. The molecule has 6 nitrogen and oxygen atoms in total. The lowest BCUT2D eigenvalue weighted by Gasteiger charge is -2.26. The first kappa shape index (κ1) is 16.5. The molecule has 1 N–H and O–H groups in total. The molecule has 1 aliphatic heterocycles. The Morgan fingerprint density at radius 1 is 1.17 bits per heavy atom. The molecular formula is C18H22N2O4. The minimum atomic E-state index is -0.734. The van der Waals surface area contributed by atoms with Crippen molar-refractivity contribution in [2.45, 2.75) is 44.8 Å². The minimum absolute atomic E-state index is 0.0978. The molecule has 1 aromatic rings. The first-order valence-electron chi connectivity index (χ1n) is 8.41. The van der Waals surface area contributed by atoms with E-state index in [0.717, 1.165) is 30.6 Å². The fourth-order valence-electron chi connectivity index (χ4n) is 3.24. The number of hydrogen-bond acceptors (Lipinski definition) is 4. The molecular weight excluding hydrogens is 308 g/mol. The van der Waals surface area contributed by atoms with Crippen molar-refractivity contribution < 1.29 is 19.1 Å². The Kier molecular flexibility index (Phi) is 4.83. The molecule has 3 rings (SSSR count). The third-order valence-corrected chi connectivity index (χ3v) is 4.71. The molecule has 1 unspecified atom stereocenters. The van der Waals surface area contributed by atoms with Crippen molar-refractivity contribution in [2.24, 2.45) is 5.92 Å². The van der Waals surface area contributed by atoms with Crippen molar-refractivity contribution in [1.29, 1.82) is 0 Å². The summed E-state index contributed by atoms with van der Waals surface area (Å²) >= 11 is 0. The minimum Gasteiger partial charge on any atom is -0.461 e. The van der Waals surface area contributed by atoms with Crippen LogP contribution in [0.1, 0.15) is 44.2 Å². The molecule has 1 aliphatic carbocycles. The monoisotopic (exact) mass is 330 g/mol. The first-order valence-corrected chi connectivity index (χ1v) is 8.41. The molecule has 0 spiro atoms. The van der Waals surface area contributed by atoms with E-state index in [4.69, 9.17) is 4.74 Å². The highest BCUT2D eigenvalue weighted by molar-refractivity contribution is 6.06. The summed E-state index contributed by atoms with van der Waals surface area (Å²) < 4.78 is 5.43. The number of benzene rings is 1. The second kappa shape index (κ2) is 7.03. The average Bonchev–Trinajstić information content (AvgIpc) is 2.86. The summed E-state index contributed by atoms with van der Waals surface area (Å²) in [5.41, 5.74) is 0.702. The largest absolute Gasteiger partial charge is 0.461 e. The van der Waals surface area contributed by atoms with E-state index < -0.39 is 23.9 Å². The number of esters is 1. The van der Waals surface area contributed by atoms with Crippen LogP contribution in [-0.2, 0) is 14.3 Å². The number of imide groups is 1. The SMILES string of the molecule is CC1CCC(OC(=O)CN2C(=O)NC(c3ccccc3)C2=O)CC1. The zero-order valence-corrected chi connectivity index (χ0v) is 13.7. The van der Waals surface area contributed by atoms with E-state index in [1.807, 2.05) is 6.07 Å². The Bertz CT molecular complexity index is 623. The molecule has 2 fully saturated rings. The van der Waals surface area contributed by atoms with Crippen LogP contribution < -0.4 is 5.32 Å². The summed E-state index contributed by atoms with van der Waals surface area (Å²) in [5.74, 6) is -0.273. The van der Waals surface area contributed by atoms with Gasteiger partial charge in [0.15, 0.2) is 0 Å². The highest BCUT2D eigenvalue weighted by Gasteiger charge is 2.40. The van der Waals surface area contributed by atoms with Crippen LogP contribution in [0.4, 0.5) is 4.79 Å². The summed E-state index contributed by atoms with van der Waals surface area (Å²) in [4.78, 5) is 37.5. The van der Waals surface area contributed by atoms with E-state index in [1.54, 1.807) is 24.3 Å². The third kappa shape index (κ3) is 3.58. The second-order valence-electron chi connectivity index (χ2n) is 6.59. The fourth-order valence-corrected chi connectivity index (χ4v) is 3.24. The number of ether oxygens (including phenoxy) is 1. The van der Waals surface area contributed by atoms with Crippen LogP contribution in [0.25, 0.3) is 0 Å². The summed E-state index contributed by atoms with van der Waals surface area (Å²) in [5, 5.41) is 2.61. The van der Waals surface area contributed by atoms with Gasteiger partial charge in [0, 0.05) is 0 Å². The van der Waals surface area contributed by atoms with Gasteiger partial charge < -0.3 is 10.1 Å². The molecule has 6 heteroatoms. The van der Waals surface area contributed by atoms with Crippen LogP contribution >= 0.6 is 0 Å². The van der Waals surface area contributed by atoms with Gasteiger partial charge in [0.05, 0.1) is 0 Å². The fraction of sp³-hybridized carbons (Fsp3) is 0.500. The number of nitrogens with zero attached hydrogens (tertiary/aromatic N) is 1. The smallest absolute Gasteiger partial charge is 0.326 e. The molecule has 1 atom stereocenters. The predicted molar refractivity (Wildman–Crippen MR) is 86.9 cm³/mol. The van der Waals surface area contributed by atoms with Crippen molar-refractivity contribution in [2.75, 3.05) is 6.54 Å². The number of rotatable bonds is 4. The lowest BCUT2D eigenvalue weighted by molar-refractivity contribution is -0.153. The van der Waals surface area contributed by atoms with Crippen LogP contribution in [0.5, 0.6) is 0 Å². The van der Waals surface area contributed by atoms with Gasteiger partial charge in [-0.05, 0) is 37.2 Å². The quantitative estimate of drug-likeness (QED) is 0.679. The molecule has 24 heavy (non-hydrogen) atoms. The highest BCUT2D eigenvalue weighted by atomic mass is 16.5. The Morgan fingerprint density at radius 3 is 2.50 bits per heavy atom. The Balaban J connectivity index is 1.58. The summed E-state index contributed by atoms with van der Waals surface area (Å²) in [6.07, 6.45) is 3.67. The van der Waals surface area contributed by atoms with Crippen molar-refractivity contribution in [3.8, 4) is 0 Å². The van der Waals surface area contributed by atoms with E-state index in [1.165, 1.54) is 0 Å². The number of amides is 3. The maximum atomic E-state index is 12.4. The highest BCUT2D eigenvalue weighted by Crippen LogP contribution is 2.26. The number of urea groups is 1. The van der Waals surface area contributed by atoms with Gasteiger partial charge in [0.25, 0.3) is 5.91 Å². The average molecular weight is 330 g/mol. The Morgan fingerprint density at radius 2 is 1.83 bits per heavy atom. The lowest BCUT2D eigenvalue weighted by atomic mass is 9.89. The zero-order chi connectivity index (χ0) is 17.1. The van der Waals surface area contributed by atoms with Gasteiger partial charge in [0.1, 0.15) is 18.7 Å². The van der Waals surface area contributed by atoms with E-state index in [0.29, 0.717) is 11.5 Å². The van der Waals surface area contributed by atoms with Gasteiger partial charge in [-0.3, -0.25) is 14.5 Å². The third-order valence-electron chi connectivity index (χ3n) is 4.71. The molecule has 3 amide bonds. The van der Waals surface area contributed by atoms with Crippen LogP contribution in [-0.4, -0.2) is 35.5 Å². The normalized spacial score (nSPS) is 27.0. The molecule has 2 aliphatic rings. The number of carbonyl (C=O) groups excluding carboxylic acids is 3. The zero-order valence-electron chi connectivity index (χ0n) is 13.7. The van der Waals surface area contributed by atoms with Crippen molar-refractivity contribution in [3.63, 3.8) is 0 Å². The second-order valence-corrected chi connectivity index (χ2v) is 6.59. The van der Waals surface area contributed by atoms with Gasteiger partial charge >= 0.3 is 12.0 Å². The van der Waals surface area contributed by atoms with E-state index in [9.17, 15) is 14.4 Å². The maximum absolute atomic E-state index is 12.4. The molecule has 1 heterocycles. The molecule has 0 bridgehead atoms. The van der Waals surface area contributed by atoms with Crippen molar-refractivity contribution in [1.82, 2.24) is 10.2 Å². The van der Waals surface area contributed by atoms with Crippen LogP contribution in [0, 0.1) is 5.92 Å². The molecule has 1 aromatic carbocycles. The van der Waals surface area contributed by atoms with E-state index in [2.05, 4.69) is 12.2 Å². The Labute approximate surface area is 141 Å². The molecule has 0 aromatic heterocycles. The summed E-state index contributed by atoms with van der Waals surface area (Å²) in [6.45, 7) is 1.86. The standard InChI is InChI=1S/C18H22N2O4/c1-12-7-9-14(10-8-12)24-15(21)11-20-17(22)16(19-18(20)23)13-5-3-2-4-6-13/h2-6,12,14,16H,7-11H2,1H3,(H,19,23).